The summed E-state index contributed by atoms with van der Waals surface area (Å²) < 4.78 is 0. The highest BCUT2D eigenvalue weighted by atomic mass is 16.1. The second-order valence-corrected chi connectivity index (χ2v) is 8.50. The highest BCUT2D eigenvalue weighted by Gasteiger charge is 2.57. The first-order chi connectivity index (χ1) is 10.4. The van der Waals surface area contributed by atoms with Crippen molar-refractivity contribution in [3.63, 3.8) is 0 Å². The highest BCUT2D eigenvalue weighted by Crippen LogP contribution is 2.62. The van der Waals surface area contributed by atoms with Crippen LogP contribution in [-0.2, 0) is 9.59 Å². The molecule has 4 rings (SSSR count). The van der Waals surface area contributed by atoms with E-state index in [9.17, 15) is 9.59 Å². The molecule has 4 aliphatic carbocycles. The first-order valence-electron chi connectivity index (χ1n) is 8.85. The van der Waals surface area contributed by atoms with E-state index in [1.54, 1.807) is 5.57 Å². The highest BCUT2D eigenvalue weighted by molar-refractivity contribution is 5.92. The molecule has 0 aromatic heterocycles. The number of hydrogen-bond donors (Lipinski definition) is 0. The van der Waals surface area contributed by atoms with E-state index in [0.717, 1.165) is 32.1 Å². The number of rotatable bonds is 0. The number of hydrogen-bond acceptors (Lipinski definition) is 2. The molecular weight excluding hydrogens is 272 g/mol. The third-order valence-electron chi connectivity index (χ3n) is 7.34. The summed E-state index contributed by atoms with van der Waals surface area (Å²) in [6, 6.07) is 0. The number of ketones is 2. The van der Waals surface area contributed by atoms with Crippen LogP contribution in [0, 0.1) is 28.6 Å². The Morgan fingerprint density at radius 2 is 1.95 bits per heavy atom. The monoisotopic (exact) mass is 298 g/mol. The van der Waals surface area contributed by atoms with Gasteiger partial charge in [0.05, 0.1) is 0 Å². The molecular formula is C20H26O2. The third-order valence-corrected chi connectivity index (χ3v) is 7.34. The summed E-state index contributed by atoms with van der Waals surface area (Å²) in [4.78, 5) is 24.5. The summed E-state index contributed by atoms with van der Waals surface area (Å²) in [5, 5.41) is 0. The molecule has 2 saturated carbocycles. The Morgan fingerprint density at radius 3 is 2.73 bits per heavy atom. The largest absolute Gasteiger partial charge is 0.299 e. The van der Waals surface area contributed by atoms with Crippen LogP contribution in [0.2, 0.25) is 0 Å². The van der Waals surface area contributed by atoms with Gasteiger partial charge in [-0.3, -0.25) is 9.59 Å². The molecule has 0 N–H and O–H groups in total. The van der Waals surface area contributed by atoms with Crippen molar-refractivity contribution in [2.24, 2.45) is 28.6 Å². The van der Waals surface area contributed by atoms with E-state index < -0.39 is 0 Å². The molecule has 2 fully saturated rings. The maximum Gasteiger partial charge on any atom is 0.155 e. The average Bonchev–Trinajstić information content (AvgIpc) is 2.72. The summed E-state index contributed by atoms with van der Waals surface area (Å²) in [6.07, 6.45) is 10.1. The molecule has 2 heteroatoms. The molecule has 0 amide bonds. The molecule has 0 saturated heterocycles. The topological polar surface area (TPSA) is 34.1 Å². The summed E-state index contributed by atoms with van der Waals surface area (Å²) in [5.41, 5.74) is 2.87. The fraction of sp³-hybridized carbons (Fsp3) is 0.700. The minimum Gasteiger partial charge on any atom is -0.299 e. The van der Waals surface area contributed by atoms with Crippen molar-refractivity contribution in [1.82, 2.24) is 0 Å². The molecule has 2 nitrogen and oxygen atoms in total. The average molecular weight is 298 g/mol. The van der Waals surface area contributed by atoms with Crippen LogP contribution in [0.4, 0.5) is 0 Å². The molecule has 5 atom stereocenters. The smallest absolute Gasteiger partial charge is 0.155 e. The third kappa shape index (κ3) is 1.67. The van der Waals surface area contributed by atoms with Crippen molar-refractivity contribution in [3.05, 3.63) is 23.3 Å². The van der Waals surface area contributed by atoms with Gasteiger partial charge in [-0.2, -0.15) is 0 Å². The minimum absolute atomic E-state index is 0.0903. The van der Waals surface area contributed by atoms with Crippen LogP contribution in [0.1, 0.15) is 59.3 Å². The standard InChI is InChI=1S/C20H26O2/c1-12-10-17-15-5-4-13-11-14(21)6-8-19(13,2)16(15)7-9-20(17,3)18(12)22/h7,11-12,15,17H,4-6,8-10H2,1-3H3/t12?,15-,17+,19+,20+/m1/s1. The summed E-state index contributed by atoms with van der Waals surface area (Å²) in [5.74, 6) is 2.09. The fourth-order valence-electron chi connectivity index (χ4n) is 5.98. The lowest BCUT2D eigenvalue weighted by molar-refractivity contribution is -0.129. The van der Waals surface area contributed by atoms with Gasteiger partial charge in [-0.05, 0) is 50.0 Å². The molecule has 0 spiro atoms. The Morgan fingerprint density at radius 1 is 1.18 bits per heavy atom. The molecule has 0 aromatic carbocycles. The second-order valence-electron chi connectivity index (χ2n) is 8.50. The van der Waals surface area contributed by atoms with Gasteiger partial charge in [-0.25, -0.2) is 0 Å². The van der Waals surface area contributed by atoms with Crippen molar-refractivity contribution < 1.29 is 9.59 Å². The van der Waals surface area contributed by atoms with E-state index >= 15 is 0 Å². The number of allylic oxidation sites excluding steroid dienone is 4. The van der Waals surface area contributed by atoms with E-state index in [0.29, 0.717) is 29.8 Å². The van der Waals surface area contributed by atoms with Gasteiger partial charge in [0.1, 0.15) is 5.78 Å². The van der Waals surface area contributed by atoms with Gasteiger partial charge in [0, 0.05) is 23.2 Å². The lowest BCUT2D eigenvalue weighted by Gasteiger charge is -2.52. The van der Waals surface area contributed by atoms with Crippen LogP contribution < -0.4 is 0 Å². The number of carbonyl (C=O) groups excluding carboxylic acids is 2. The van der Waals surface area contributed by atoms with Gasteiger partial charge < -0.3 is 0 Å². The maximum atomic E-state index is 12.7. The molecule has 0 aromatic rings. The maximum absolute atomic E-state index is 12.7. The van der Waals surface area contributed by atoms with E-state index in [4.69, 9.17) is 0 Å². The van der Waals surface area contributed by atoms with E-state index in [1.807, 2.05) is 6.08 Å². The zero-order valence-electron chi connectivity index (χ0n) is 13.9. The van der Waals surface area contributed by atoms with E-state index in [-0.39, 0.29) is 16.7 Å². The molecule has 0 bridgehead atoms. The van der Waals surface area contributed by atoms with E-state index in [2.05, 4.69) is 26.8 Å². The van der Waals surface area contributed by atoms with Gasteiger partial charge in [-0.15, -0.1) is 0 Å². The normalized spacial score (nSPS) is 47.3. The Balaban J connectivity index is 1.77. The quantitative estimate of drug-likeness (QED) is 0.626. The number of carbonyl (C=O) groups is 2. The molecule has 118 valence electrons. The first-order valence-corrected chi connectivity index (χ1v) is 8.85. The van der Waals surface area contributed by atoms with Gasteiger partial charge in [-0.1, -0.05) is 38.0 Å². The molecule has 22 heavy (non-hydrogen) atoms. The molecule has 4 aliphatic rings. The second kappa shape index (κ2) is 4.43. The Hall–Kier alpha value is -1.18. The van der Waals surface area contributed by atoms with E-state index in [1.165, 1.54) is 5.57 Å². The summed E-state index contributed by atoms with van der Waals surface area (Å²) in [7, 11) is 0. The Kier molecular flexibility index (Phi) is 2.90. The van der Waals surface area contributed by atoms with Crippen molar-refractivity contribution in [2.45, 2.75) is 59.3 Å². The van der Waals surface area contributed by atoms with Gasteiger partial charge in [0.2, 0.25) is 0 Å². The predicted molar refractivity (Wildman–Crippen MR) is 86.2 cm³/mol. The lowest BCUT2D eigenvalue weighted by atomic mass is 9.52. The van der Waals surface area contributed by atoms with Crippen LogP contribution in [0.3, 0.4) is 0 Å². The number of fused-ring (bicyclic) bond motifs is 5. The Labute approximate surface area is 133 Å². The predicted octanol–water partition coefficient (Wildman–Crippen LogP) is 4.25. The van der Waals surface area contributed by atoms with Crippen LogP contribution >= 0.6 is 0 Å². The van der Waals surface area contributed by atoms with Crippen LogP contribution in [0.15, 0.2) is 23.3 Å². The Bertz CT molecular complexity index is 626. The summed E-state index contributed by atoms with van der Waals surface area (Å²) in [6.45, 7) is 6.65. The zero-order chi connectivity index (χ0) is 15.7. The summed E-state index contributed by atoms with van der Waals surface area (Å²) >= 11 is 0. The number of Topliss-reactive ketones (excluding diaryl/α,β-unsaturated/α-hetero) is 1. The SMILES string of the molecule is CC1C[C@H]2[C@@H]3CCC4=CC(=O)CC[C@]4(C)C3=CC[C@]2(C)C1=O. The van der Waals surface area contributed by atoms with Crippen molar-refractivity contribution in [2.75, 3.05) is 0 Å². The minimum atomic E-state index is -0.129. The van der Waals surface area contributed by atoms with Crippen molar-refractivity contribution in [1.29, 1.82) is 0 Å². The van der Waals surface area contributed by atoms with Crippen molar-refractivity contribution >= 4 is 11.6 Å². The van der Waals surface area contributed by atoms with Crippen molar-refractivity contribution in [3.8, 4) is 0 Å². The van der Waals surface area contributed by atoms with Crippen LogP contribution in [0.5, 0.6) is 0 Å². The first kappa shape index (κ1) is 14.4. The van der Waals surface area contributed by atoms with Gasteiger partial charge >= 0.3 is 0 Å². The fourth-order valence-corrected chi connectivity index (χ4v) is 5.98. The molecule has 0 aliphatic heterocycles. The van der Waals surface area contributed by atoms with Gasteiger partial charge in [0.15, 0.2) is 5.78 Å². The molecule has 0 heterocycles. The molecule has 1 unspecified atom stereocenters. The zero-order valence-corrected chi connectivity index (χ0v) is 13.9. The lowest BCUT2D eigenvalue weighted by Crippen LogP contribution is -2.44. The van der Waals surface area contributed by atoms with Crippen LogP contribution in [0.25, 0.3) is 0 Å². The van der Waals surface area contributed by atoms with Crippen LogP contribution in [-0.4, -0.2) is 11.6 Å². The molecule has 0 radical (unpaired) electrons. The van der Waals surface area contributed by atoms with Gasteiger partial charge in [0.25, 0.3) is 0 Å².